The first-order chi connectivity index (χ1) is 14.7. The molecule has 1 aromatic heterocycles. The molecule has 1 aromatic carbocycles. The number of fused-ring (bicyclic) bond motifs is 1. The second kappa shape index (κ2) is 8.01. The van der Waals surface area contributed by atoms with E-state index in [0.717, 1.165) is 43.6 Å². The van der Waals surface area contributed by atoms with Gasteiger partial charge in [-0.1, -0.05) is 0 Å². The number of piperazine rings is 1. The maximum absolute atomic E-state index is 12.9. The second-order valence-electron chi connectivity index (χ2n) is 8.06. The van der Waals surface area contributed by atoms with Crippen LogP contribution in [0.15, 0.2) is 24.3 Å². The lowest BCUT2D eigenvalue weighted by molar-refractivity contribution is 0.0745. The van der Waals surface area contributed by atoms with E-state index in [1.165, 1.54) is 19.3 Å². The summed E-state index contributed by atoms with van der Waals surface area (Å²) in [6, 6.07) is 7.45. The zero-order valence-corrected chi connectivity index (χ0v) is 17.3. The van der Waals surface area contributed by atoms with Gasteiger partial charge in [-0.15, -0.1) is 0 Å². The van der Waals surface area contributed by atoms with Crippen LogP contribution >= 0.6 is 0 Å². The van der Waals surface area contributed by atoms with Crippen LogP contribution < -0.4 is 19.3 Å². The second-order valence-corrected chi connectivity index (χ2v) is 8.06. The van der Waals surface area contributed by atoms with Gasteiger partial charge in [-0.05, 0) is 44.4 Å². The molecule has 0 atom stereocenters. The molecule has 30 heavy (non-hydrogen) atoms. The van der Waals surface area contributed by atoms with E-state index in [0.29, 0.717) is 30.2 Å². The van der Waals surface area contributed by atoms with E-state index < -0.39 is 0 Å². The summed E-state index contributed by atoms with van der Waals surface area (Å²) in [4.78, 5) is 28.9. The number of amides is 1. The number of nitrogens with zero attached hydrogens (tertiary/aromatic N) is 5. The summed E-state index contributed by atoms with van der Waals surface area (Å²) in [5, 5.41) is 0. The number of benzene rings is 1. The number of carbonyl (C=O) groups excluding carboxylic acids is 1. The number of aryl methyl sites for hydroxylation is 1. The first kappa shape index (κ1) is 19.0. The molecule has 8 heteroatoms. The van der Waals surface area contributed by atoms with Crippen molar-refractivity contribution in [1.82, 2.24) is 14.9 Å². The number of aromatic nitrogens is 2. The van der Waals surface area contributed by atoms with Crippen LogP contribution in [0, 0.1) is 6.92 Å². The van der Waals surface area contributed by atoms with Crippen molar-refractivity contribution >= 4 is 17.7 Å². The van der Waals surface area contributed by atoms with Crippen molar-refractivity contribution in [2.24, 2.45) is 0 Å². The third-order valence-electron chi connectivity index (χ3n) is 5.98. The average Bonchev–Trinajstić information content (AvgIpc) is 3.27. The van der Waals surface area contributed by atoms with E-state index in [9.17, 15) is 4.79 Å². The zero-order chi connectivity index (χ0) is 20.5. The Hall–Kier alpha value is -3.03. The largest absolute Gasteiger partial charge is 0.454 e. The molecule has 3 aliphatic rings. The summed E-state index contributed by atoms with van der Waals surface area (Å²) >= 11 is 0. The number of rotatable bonds is 3. The highest BCUT2D eigenvalue weighted by molar-refractivity contribution is 5.95. The molecule has 2 aromatic rings. The lowest BCUT2D eigenvalue weighted by Gasteiger charge is -2.35. The van der Waals surface area contributed by atoms with Gasteiger partial charge in [-0.2, -0.15) is 4.98 Å². The molecule has 0 radical (unpaired) electrons. The number of anilines is 2. The van der Waals surface area contributed by atoms with Gasteiger partial charge in [0.15, 0.2) is 11.5 Å². The molecule has 2 saturated heterocycles. The number of carbonyl (C=O) groups is 1. The number of hydrogen-bond acceptors (Lipinski definition) is 7. The van der Waals surface area contributed by atoms with Crippen molar-refractivity contribution < 1.29 is 14.3 Å². The summed E-state index contributed by atoms with van der Waals surface area (Å²) in [7, 11) is 0. The van der Waals surface area contributed by atoms with Crippen molar-refractivity contribution in [3.05, 3.63) is 35.5 Å². The first-order valence-corrected chi connectivity index (χ1v) is 10.7. The Morgan fingerprint density at radius 1 is 0.867 bits per heavy atom. The van der Waals surface area contributed by atoms with Gasteiger partial charge in [0.2, 0.25) is 12.7 Å². The highest BCUT2D eigenvalue weighted by Crippen LogP contribution is 2.33. The Morgan fingerprint density at radius 2 is 1.63 bits per heavy atom. The van der Waals surface area contributed by atoms with E-state index >= 15 is 0 Å². The van der Waals surface area contributed by atoms with Crippen molar-refractivity contribution in [3.63, 3.8) is 0 Å². The molecule has 5 rings (SSSR count). The highest BCUT2D eigenvalue weighted by Gasteiger charge is 2.26. The Bertz CT molecular complexity index is 936. The minimum Gasteiger partial charge on any atom is -0.454 e. The van der Waals surface area contributed by atoms with E-state index in [1.54, 1.807) is 18.2 Å². The van der Waals surface area contributed by atoms with Gasteiger partial charge < -0.3 is 24.2 Å². The summed E-state index contributed by atoms with van der Waals surface area (Å²) in [5.41, 5.74) is 1.62. The predicted molar refractivity (Wildman–Crippen MR) is 114 cm³/mol. The quantitative estimate of drug-likeness (QED) is 0.771. The van der Waals surface area contributed by atoms with E-state index in [4.69, 9.17) is 14.5 Å². The molecule has 4 heterocycles. The maximum atomic E-state index is 12.9. The lowest BCUT2D eigenvalue weighted by atomic mass is 10.1. The molecule has 8 nitrogen and oxygen atoms in total. The lowest BCUT2D eigenvalue weighted by Crippen LogP contribution is -2.49. The monoisotopic (exact) mass is 409 g/mol. The Labute approximate surface area is 176 Å². The standard InChI is InChI=1S/C22H27N5O3/c1-16-13-20(25-7-3-2-4-8-25)24-22(23-16)27-11-9-26(10-12-27)21(28)17-5-6-18-19(14-17)30-15-29-18/h5-6,13-14H,2-4,7-12,15H2,1H3. The van der Waals surface area contributed by atoms with Crippen LogP contribution in [0.4, 0.5) is 11.8 Å². The summed E-state index contributed by atoms with van der Waals surface area (Å²) in [6.07, 6.45) is 3.74. The van der Waals surface area contributed by atoms with Crippen molar-refractivity contribution in [1.29, 1.82) is 0 Å². The first-order valence-electron chi connectivity index (χ1n) is 10.7. The third-order valence-corrected chi connectivity index (χ3v) is 5.98. The molecule has 1 amide bonds. The fourth-order valence-electron chi connectivity index (χ4n) is 4.28. The minimum atomic E-state index is 0.0205. The van der Waals surface area contributed by atoms with Gasteiger partial charge in [0.05, 0.1) is 0 Å². The number of piperidine rings is 1. The summed E-state index contributed by atoms with van der Waals surface area (Å²) in [6.45, 7) is 7.09. The highest BCUT2D eigenvalue weighted by atomic mass is 16.7. The molecular weight excluding hydrogens is 382 g/mol. The smallest absolute Gasteiger partial charge is 0.254 e. The summed E-state index contributed by atoms with van der Waals surface area (Å²) < 4.78 is 10.7. The normalized spacial score (nSPS) is 18.6. The van der Waals surface area contributed by atoms with Gasteiger partial charge in [0.1, 0.15) is 5.82 Å². The fraction of sp³-hybridized carbons (Fsp3) is 0.500. The predicted octanol–water partition coefficient (Wildman–Crippen LogP) is 2.47. The average molecular weight is 409 g/mol. The molecule has 0 spiro atoms. The molecule has 0 saturated carbocycles. The Balaban J connectivity index is 1.25. The SMILES string of the molecule is Cc1cc(N2CCCCC2)nc(N2CCN(C(=O)c3ccc4c(c3)OCO4)CC2)n1. The van der Waals surface area contributed by atoms with E-state index in [1.807, 2.05) is 11.8 Å². The number of ether oxygens (including phenoxy) is 2. The fourth-order valence-corrected chi connectivity index (χ4v) is 4.28. The minimum absolute atomic E-state index is 0.0205. The zero-order valence-electron chi connectivity index (χ0n) is 17.3. The third kappa shape index (κ3) is 3.74. The molecule has 3 aliphatic heterocycles. The van der Waals surface area contributed by atoms with Crippen LogP contribution in [0.5, 0.6) is 11.5 Å². The Kier molecular flexibility index (Phi) is 5.06. The van der Waals surface area contributed by atoms with E-state index in [-0.39, 0.29) is 12.7 Å². The van der Waals surface area contributed by atoms with Crippen LogP contribution in [0.3, 0.4) is 0 Å². The maximum Gasteiger partial charge on any atom is 0.254 e. The van der Waals surface area contributed by atoms with Crippen LogP contribution in [0.1, 0.15) is 35.3 Å². The van der Waals surface area contributed by atoms with Gasteiger partial charge in [-0.25, -0.2) is 4.98 Å². The topological polar surface area (TPSA) is 71.0 Å². The molecule has 0 unspecified atom stereocenters. The van der Waals surface area contributed by atoms with Gasteiger partial charge in [0, 0.05) is 56.6 Å². The Morgan fingerprint density at radius 3 is 2.43 bits per heavy atom. The van der Waals surface area contributed by atoms with Crippen LogP contribution in [0.25, 0.3) is 0 Å². The number of hydrogen-bond donors (Lipinski definition) is 0. The van der Waals surface area contributed by atoms with Gasteiger partial charge in [0.25, 0.3) is 5.91 Å². The molecule has 0 aliphatic carbocycles. The van der Waals surface area contributed by atoms with Crippen molar-refractivity contribution in [3.8, 4) is 11.5 Å². The van der Waals surface area contributed by atoms with E-state index in [2.05, 4.69) is 20.9 Å². The molecule has 2 fully saturated rings. The van der Waals surface area contributed by atoms with Crippen molar-refractivity contribution in [2.75, 3.05) is 55.9 Å². The molecular formula is C22H27N5O3. The van der Waals surface area contributed by atoms with Crippen LogP contribution in [0.2, 0.25) is 0 Å². The van der Waals surface area contributed by atoms with Crippen LogP contribution in [-0.2, 0) is 0 Å². The van der Waals surface area contributed by atoms with Crippen LogP contribution in [-0.4, -0.2) is 66.8 Å². The van der Waals surface area contributed by atoms with Gasteiger partial charge >= 0.3 is 0 Å². The molecule has 0 N–H and O–H groups in total. The summed E-state index contributed by atoms with van der Waals surface area (Å²) in [5.74, 6) is 3.14. The van der Waals surface area contributed by atoms with Gasteiger partial charge in [-0.3, -0.25) is 4.79 Å². The molecule has 0 bridgehead atoms. The molecule has 158 valence electrons. The van der Waals surface area contributed by atoms with Crippen molar-refractivity contribution in [2.45, 2.75) is 26.2 Å².